The van der Waals surface area contributed by atoms with Crippen molar-refractivity contribution in [2.45, 2.75) is 71.7 Å². The third kappa shape index (κ3) is 6.66. The van der Waals surface area contributed by atoms with Crippen LogP contribution in [0.3, 0.4) is 0 Å². The molecule has 0 unspecified atom stereocenters. The number of aldehydes is 1. The van der Waals surface area contributed by atoms with Gasteiger partial charge in [0.25, 0.3) is 0 Å². The van der Waals surface area contributed by atoms with E-state index in [1.807, 2.05) is 26.0 Å². The Labute approximate surface area is 126 Å². The van der Waals surface area contributed by atoms with Gasteiger partial charge in [-0.3, -0.25) is 0 Å². The van der Waals surface area contributed by atoms with E-state index in [-0.39, 0.29) is 12.0 Å². The van der Waals surface area contributed by atoms with E-state index in [0.29, 0.717) is 0 Å². The summed E-state index contributed by atoms with van der Waals surface area (Å²) < 4.78 is 6.50. The summed E-state index contributed by atoms with van der Waals surface area (Å²) in [5.74, 6) is -0.0124. The van der Waals surface area contributed by atoms with Crippen molar-refractivity contribution < 1.29 is 9.22 Å². The molecule has 0 rings (SSSR count). The molecule has 0 aliphatic carbocycles. The van der Waals surface area contributed by atoms with E-state index in [4.69, 9.17) is 4.43 Å². The van der Waals surface area contributed by atoms with Crippen LogP contribution < -0.4 is 0 Å². The molecule has 0 saturated carbocycles. The summed E-state index contributed by atoms with van der Waals surface area (Å²) in [5.41, 5.74) is 0. The fraction of sp³-hybridized carbons (Fsp3) is 0.706. The molecule has 0 aromatic rings. The molecule has 0 heterocycles. The molecule has 2 atom stereocenters. The molecule has 3 heteroatoms. The maximum absolute atomic E-state index is 11.1. The molecule has 0 aromatic carbocycles. The van der Waals surface area contributed by atoms with Crippen LogP contribution in [0.2, 0.25) is 18.1 Å². The van der Waals surface area contributed by atoms with Gasteiger partial charge in [0.05, 0.1) is 6.10 Å². The zero-order valence-corrected chi connectivity index (χ0v) is 14.9. The molecule has 2 nitrogen and oxygen atoms in total. The van der Waals surface area contributed by atoms with E-state index >= 15 is 0 Å². The lowest BCUT2D eigenvalue weighted by molar-refractivity contribution is -0.113. The van der Waals surface area contributed by atoms with Crippen LogP contribution in [0.25, 0.3) is 0 Å². The summed E-state index contributed by atoms with van der Waals surface area (Å²) in [7, 11) is -1.63. The fourth-order valence-corrected chi connectivity index (χ4v) is 5.36. The summed E-state index contributed by atoms with van der Waals surface area (Å²) in [6.07, 6.45) is 11.3. The van der Waals surface area contributed by atoms with Crippen LogP contribution in [0.15, 0.2) is 24.3 Å². The minimum Gasteiger partial charge on any atom is -0.413 e. The second-order valence-corrected chi connectivity index (χ2v) is 10.1. The molecule has 0 fully saturated rings. The Balaban J connectivity index is 4.67. The molecule has 0 radical (unpaired) electrons. The number of allylic oxidation sites excluding steroid dienone is 4. The number of rotatable bonds is 11. The molecule has 0 saturated heterocycles. The van der Waals surface area contributed by atoms with Crippen molar-refractivity contribution in [2.24, 2.45) is 5.92 Å². The van der Waals surface area contributed by atoms with Crippen molar-refractivity contribution in [1.29, 1.82) is 0 Å². The highest BCUT2D eigenvalue weighted by Crippen LogP contribution is 2.27. The fourth-order valence-electron chi connectivity index (χ4n) is 2.38. The van der Waals surface area contributed by atoms with Crippen molar-refractivity contribution in [3.63, 3.8) is 0 Å². The monoisotopic (exact) mass is 296 g/mol. The molecule has 0 aliphatic heterocycles. The predicted octanol–water partition coefficient (Wildman–Crippen LogP) is 5.12. The SMILES string of the molecule is C/C=C/C=C/CC[C@H](O[Si](CC)(CC)CC)[C@@H](C)C=O. The summed E-state index contributed by atoms with van der Waals surface area (Å²) in [6.45, 7) is 10.7. The molecule has 20 heavy (non-hydrogen) atoms. The molecular formula is C17H32O2Si. The standard InChI is InChI=1S/C17H32O2Si/c1-6-10-11-12-13-14-17(16(5)15-18)19-20(7-2,8-3)9-4/h6,10-12,15-17H,7-9,13-14H2,1-5H3/b10-6+,12-11+/t16-,17-/m0/s1. The van der Waals surface area contributed by atoms with Gasteiger partial charge in [0, 0.05) is 5.92 Å². The normalized spacial score (nSPS) is 15.8. The Kier molecular flexibility index (Phi) is 10.7. The lowest BCUT2D eigenvalue weighted by atomic mass is 10.0. The van der Waals surface area contributed by atoms with Gasteiger partial charge < -0.3 is 9.22 Å². The Morgan fingerprint density at radius 2 is 1.70 bits per heavy atom. The molecular weight excluding hydrogens is 264 g/mol. The number of carbonyl (C=O) groups is 1. The zero-order chi connectivity index (χ0) is 15.4. The molecule has 0 aliphatic rings. The molecule has 0 bridgehead atoms. The average Bonchev–Trinajstić information content (AvgIpc) is 2.50. The lowest BCUT2D eigenvalue weighted by Gasteiger charge is -2.34. The van der Waals surface area contributed by atoms with Gasteiger partial charge in [-0.25, -0.2) is 0 Å². The summed E-state index contributed by atoms with van der Waals surface area (Å²) in [4.78, 5) is 11.1. The van der Waals surface area contributed by atoms with Crippen molar-refractivity contribution >= 4 is 14.6 Å². The van der Waals surface area contributed by atoms with E-state index in [1.165, 1.54) is 0 Å². The Bertz CT molecular complexity index is 298. The Morgan fingerprint density at radius 1 is 1.10 bits per heavy atom. The van der Waals surface area contributed by atoms with Gasteiger partial charge in [-0.15, -0.1) is 0 Å². The number of carbonyl (C=O) groups excluding carboxylic acids is 1. The lowest BCUT2D eigenvalue weighted by Crippen LogP contribution is -2.42. The van der Waals surface area contributed by atoms with Gasteiger partial charge in [-0.1, -0.05) is 52.0 Å². The highest BCUT2D eigenvalue weighted by atomic mass is 28.4. The quantitative estimate of drug-likeness (QED) is 0.300. The smallest absolute Gasteiger partial charge is 0.192 e. The summed E-state index contributed by atoms with van der Waals surface area (Å²) in [6, 6.07) is 3.41. The van der Waals surface area contributed by atoms with Crippen LogP contribution >= 0.6 is 0 Å². The van der Waals surface area contributed by atoms with Gasteiger partial charge in [0.2, 0.25) is 0 Å². The van der Waals surface area contributed by atoms with Gasteiger partial charge in [0.15, 0.2) is 8.32 Å². The Hall–Kier alpha value is -0.673. The van der Waals surface area contributed by atoms with E-state index < -0.39 is 8.32 Å². The molecule has 116 valence electrons. The van der Waals surface area contributed by atoms with Crippen LogP contribution in [0.1, 0.15) is 47.5 Å². The van der Waals surface area contributed by atoms with Crippen LogP contribution in [0.4, 0.5) is 0 Å². The van der Waals surface area contributed by atoms with E-state index in [9.17, 15) is 4.79 Å². The van der Waals surface area contributed by atoms with Gasteiger partial charge in [-0.05, 0) is 37.9 Å². The van der Waals surface area contributed by atoms with Crippen LogP contribution in [-0.4, -0.2) is 20.7 Å². The van der Waals surface area contributed by atoms with Crippen molar-refractivity contribution in [3.8, 4) is 0 Å². The van der Waals surface area contributed by atoms with E-state index in [1.54, 1.807) is 0 Å². The first-order chi connectivity index (χ1) is 9.59. The molecule has 0 spiro atoms. The number of hydrogen-bond acceptors (Lipinski definition) is 2. The first-order valence-electron chi connectivity index (χ1n) is 8.00. The van der Waals surface area contributed by atoms with Crippen LogP contribution in [0.5, 0.6) is 0 Å². The minimum atomic E-state index is -1.63. The summed E-state index contributed by atoms with van der Waals surface area (Å²) in [5, 5.41) is 0. The van der Waals surface area contributed by atoms with Crippen molar-refractivity contribution in [2.75, 3.05) is 0 Å². The first-order valence-corrected chi connectivity index (χ1v) is 10.5. The highest BCUT2D eigenvalue weighted by Gasteiger charge is 2.33. The number of hydrogen-bond donors (Lipinski definition) is 0. The molecule has 0 aromatic heterocycles. The topological polar surface area (TPSA) is 26.3 Å². The maximum atomic E-state index is 11.1. The second-order valence-electron chi connectivity index (χ2n) is 5.43. The molecule has 0 amide bonds. The summed E-state index contributed by atoms with van der Waals surface area (Å²) >= 11 is 0. The van der Waals surface area contributed by atoms with Crippen LogP contribution in [-0.2, 0) is 9.22 Å². The average molecular weight is 297 g/mol. The minimum absolute atomic E-state index is 0.0124. The third-order valence-corrected chi connectivity index (χ3v) is 8.86. The van der Waals surface area contributed by atoms with Crippen molar-refractivity contribution in [3.05, 3.63) is 24.3 Å². The third-order valence-electron chi connectivity index (χ3n) is 4.19. The molecule has 0 N–H and O–H groups in total. The second kappa shape index (κ2) is 11.0. The van der Waals surface area contributed by atoms with Gasteiger partial charge in [-0.2, -0.15) is 0 Å². The van der Waals surface area contributed by atoms with Gasteiger partial charge >= 0.3 is 0 Å². The van der Waals surface area contributed by atoms with Crippen molar-refractivity contribution in [1.82, 2.24) is 0 Å². The van der Waals surface area contributed by atoms with Crippen LogP contribution in [0, 0.1) is 5.92 Å². The first kappa shape index (κ1) is 19.3. The maximum Gasteiger partial charge on any atom is 0.192 e. The Morgan fingerprint density at radius 3 is 2.15 bits per heavy atom. The largest absolute Gasteiger partial charge is 0.413 e. The van der Waals surface area contributed by atoms with E-state index in [2.05, 4.69) is 32.9 Å². The van der Waals surface area contributed by atoms with Gasteiger partial charge in [0.1, 0.15) is 6.29 Å². The predicted molar refractivity (Wildman–Crippen MR) is 90.5 cm³/mol. The van der Waals surface area contributed by atoms with E-state index in [0.717, 1.165) is 37.3 Å². The highest BCUT2D eigenvalue weighted by molar-refractivity contribution is 6.73. The zero-order valence-electron chi connectivity index (χ0n) is 13.9.